The Hall–Kier alpha value is -2.29. The van der Waals surface area contributed by atoms with E-state index >= 15 is 0 Å². The molecule has 1 atom stereocenters. The lowest BCUT2D eigenvalue weighted by atomic mass is 9.94. The molecule has 0 bridgehead atoms. The van der Waals surface area contributed by atoms with Crippen molar-refractivity contribution in [1.82, 2.24) is 5.43 Å². The lowest BCUT2D eigenvalue weighted by Crippen LogP contribution is -2.34. The van der Waals surface area contributed by atoms with Crippen molar-refractivity contribution in [2.45, 2.75) is 25.7 Å². The topological polar surface area (TPSA) is 41.1 Å². The summed E-state index contributed by atoms with van der Waals surface area (Å²) in [6.45, 7) is 2.09. The molecule has 2 N–H and O–H groups in total. The molecule has 0 spiro atoms. The SMILES string of the molecule is CCCC(C(=O)NNc1ccccc1)c1ccccc1. The highest BCUT2D eigenvalue weighted by Crippen LogP contribution is 2.21. The number of rotatable bonds is 6. The van der Waals surface area contributed by atoms with E-state index in [0.29, 0.717) is 0 Å². The maximum Gasteiger partial charge on any atom is 0.245 e. The van der Waals surface area contributed by atoms with Crippen LogP contribution in [0.5, 0.6) is 0 Å². The predicted octanol–water partition coefficient (Wildman–Crippen LogP) is 3.71. The zero-order chi connectivity index (χ0) is 14.2. The van der Waals surface area contributed by atoms with Crippen molar-refractivity contribution in [2.75, 3.05) is 5.43 Å². The van der Waals surface area contributed by atoms with Gasteiger partial charge in [-0.2, -0.15) is 0 Å². The quantitative estimate of drug-likeness (QED) is 0.784. The first kappa shape index (κ1) is 14.1. The minimum Gasteiger partial charge on any atom is -0.299 e. The van der Waals surface area contributed by atoms with Gasteiger partial charge in [0.2, 0.25) is 5.91 Å². The minimum atomic E-state index is -0.114. The molecule has 0 fully saturated rings. The third kappa shape index (κ3) is 3.85. The molecule has 3 heteroatoms. The fraction of sp³-hybridized carbons (Fsp3) is 0.235. The highest BCUT2D eigenvalue weighted by atomic mass is 16.2. The third-order valence-electron chi connectivity index (χ3n) is 3.20. The Balaban J connectivity index is 2.01. The van der Waals surface area contributed by atoms with E-state index in [0.717, 1.165) is 24.1 Å². The van der Waals surface area contributed by atoms with Crippen LogP contribution in [-0.4, -0.2) is 5.91 Å². The van der Waals surface area contributed by atoms with E-state index in [9.17, 15) is 4.79 Å². The molecular formula is C17H20N2O. The van der Waals surface area contributed by atoms with Crippen LogP contribution in [0, 0.1) is 0 Å². The van der Waals surface area contributed by atoms with Crippen LogP contribution in [0.4, 0.5) is 5.69 Å². The standard InChI is InChI=1S/C17H20N2O/c1-2-9-16(14-10-5-3-6-11-14)17(20)19-18-15-12-7-4-8-13-15/h3-8,10-13,16,18H,2,9H2,1H3,(H,19,20). The predicted molar refractivity (Wildman–Crippen MR) is 82.3 cm³/mol. The second-order valence-electron chi connectivity index (χ2n) is 4.73. The number of hydrogen-bond acceptors (Lipinski definition) is 2. The molecule has 1 amide bonds. The van der Waals surface area contributed by atoms with Gasteiger partial charge in [0.25, 0.3) is 0 Å². The Labute approximate surface area is 120 Å². The molecule has 0 saturated heterocycles. The van der Waals surface area contributed by atoms with Gasteiger partial charge < -0.3 is 0 Å². The molecule has 0 aromatic heterocycles. The van der Waals surface area contributed by atoms with Crippen LogP contribution in [0.15, 0.2) is 60.7 Å². The Morgan fingerprint density at radius 1 is 1.00 bits per heavy atom. The van der Waals surface area contributed by atoms with E-state index < -0.39 is 0 Å². The van der Waals surface area contributed by atoms with Crippen molar-refractivity contribution < 1.29 is 4.79 Å². The van der Waals surface area contributed by atoms with Gasteiger partial charge in [-0.15, -0.1) is 0 Å². The van der Waals surface area contributed by atoms with Gasteiger partial charge in [-0.25, -0.2) is 0 Å². The Morgan fingerprint density at radius 2 is 1.60 bits per heavy atom. The number of para-hydroxylation sites is 1. The van der Waals surface area contributed by atoms with Crippen LogP contribution >= 0.6 is 0 Å². The molecule has 2 rings (SSSR count). The molecular weight excluding hydrogens is 248 g/mol. The van der Waals surface area contributed by atoms with Gasteiger partial charge in [0.15, 0.2) is 0 Å². The number of amides is 1. The Bertz CT molecular complexity index is 525. The van der Waals surface area contributed by atoms with E-state index in [-0.39, 0.29) is 11.8 Å². The lowest BCUT2D eigenvalue weighted by molar-refractivity contribution is -0.122. The first-order valence-electron chi connectivity index (χ1n) is 6.97. The van der Waals surface area contributed by atoms with Crippen molar-refractivity contribution >= 4 is 11.6 Å². The number of anilines is 1. The minimum absolute atomic E-state index is 0.00176. The summed E-state index contributed by atoms with van der Waals surface area (Å²) in [4.78, 5) is 12.3. The van der Waals surface area contributed by atoms with E-state index in [1.54, 1.807) is 0 Å². The number of carbonyl (C=O) groups excluding carboxylic acids is 1. The molecule has 0 radical (unpaired) electrons. The van der Waals surface area contributed by atoms with Crippen LogP contribution in [0.3, 0.4) is 0 Å². The van der Waals surface area contributed by atoms with Crippen molar-refractivity contribution in [3.05, 3.63) is 66.2 Å². The molecule has 2 aromatic carbocycles. The maximum absolute atomic E-state index is 12.3. The van der Waals surface area contributed by atoms with Gasteiger partial charge in [-0.3, -0.25) is 15.6 Å². The normalized spacial score (nSPS) is 11.7. The summed E-state index contributed by atoms with van der Waals surface area (Å²) in [7, 11) is 0. The van der Waals surface area contributed by atoms with Crippen molar-refractivity contribution in [3.8, 4) is 0 Å². The monoisotopic (exact) mass is 268 g/mol. The van der Waals surface area contributed by atoms with Gasteiger partial charge >= 0.3 is 0 Å². The third-order valence-corrected chi connectivity index (χ3v) is 3.20. The van der Waals surface area contributed by atoms with E-state index in [4.69, 9.17) is 0 Å². The highest BCUT2D eigenvalue weighted by Gasteiger charge is 2.19. The van der Waals surface area contributed by atoms with Gasteiger partial charge in [0.1, 0.15) is 0 Å². The fourth-order valence-electron chi connectivity index (χ4n) is 2.17. The summed E-state index contributed by atoms with van der Waals surface area (Å²) in [6.07, 6.45) is 1.81. The highest BCUT2D eigenvalue weighted by molar-refractivity contribution is 5.84. The molecule has 0 heterocycles. The first-order valence-corrected chi connectivity index (χ1v) is 6.97. The molecule has 0 aliphatic heterocycles. The number of nitrogens with one attached hydrogen (secondary N) is 2. The smallest absolute Gasteiger partial charge is 0.245 e. The van der Waals surface area contributed by atoms with E-state index in [1.807, 2.05) is 60.7 Å². The zero-order valence-corrected chi connectivity index (χ0v) is 11.7. The lowest BCUT2D eigenvalue weighted by Gasteiger charge is -2.17. The van der Waals surface area contributed by atoms with Crippen molar-refractivity contribution in [3.63, 3.8) is 0 Å². The van der Waals surface area contributed by atoms with Gasteiger partial charge in [0.05, 0.1) is 11.6 Å². The summed E-state index contributed by atoms with van der Waals surface area (Å²) in [5.41, 5.74) is 7.68. The molecule has 0 saturated carbocycles. The number of hydrazine groups is 1. The molecule has 20 heavy (non-hydrogen) atoms. The number of hydrogen-bond donors (Lipinski definition) is 2. The average molecular weight is 268 g/mol. The first-order chi connectivity index (χ1) is 9.81. The summed E-state index contributed by atoms with van der Waals surface area (Å²) >= 11 is 0. The van der Waals surface area contributed by atoms with Gasteiger partial charge in [-0.1, -0.05) is 61.9 Å². The van der Waals surface area contributed by atoms with Crippen LogP contribution < -0.4 is 10.9 Å². The molecule has 2 aromatic rings. The summed E-state index contributed by atoms with van der Waals surface area (Å²) in [5.74, 6) is -0.112. The van der Waals surface area contributed by atoms with Crippen LogP contribution in [-0.2, 0) is 4.79 Å². The van der Waals surface area contributed by atoms with Gasteiger partial charge in [0, 0.05) is 0 Å². The van der Waals surface area contributed by atoms with Crippen LogP contribution in [0.25, 0.3) is 0 Å². The molecule has 0 aliphatic rings. The zero-order valence-electron chi connectivity index (χ0n) is 11.7. The Morgan fingerprint density at radius 3 is 2.20 bits per heavy atom. The summed E-state index contributed by atoms with van der Waals surface area (Å²) < 4.78 is 0. The van der Waals surface area contributed by atoms with Crippen molar-refractivity contribution in [1.29, 1.82) is 0 Å². The average Bonchev–Trinajstić information content (AvgIpc) is 2.52. The van der Waals surface area contributed by atoms with Crippen LogP contribution in [0.1, 0.15) is 31.2 Å². The van der Waals surface area contributed by atoms with Crippen molar-refractivity contribution in [2.24, 2.45) is 0 Å². The summed E-state index contributed by atoms with van der Waals surface area (Å²) in [5, 5.41) is 0. The van der Waals surface area contributed by atoms with E-state index in [2.05, 4.69) is 17.8 Å². The second kappa shape index (κ2) is 7.34. The Kier molecular flexibility index (Phi) is 5.18. The summed E-state index contributed by atoms with van der Waals surface area (Å²) in [6, 6.07) is 19.5. The molecule has 104 valence electrons. The molecule has 1 unspecified atom stereocenters. The number of carbonyl (C=O) groups is 1. The largest absolute Gasteiger partial charge is 0.299 e. The fourth-order valence-corrected chi connectivity index (χ4v) is 2.17. The number of benzene rings is 2. The molecule has 3 nitrogen and oxygen atoms in total. The van der Waals surface area contributed by atoms with E-state index in [1.165, 1.54) is 0 Å². The maximum atomic E-state index is 12.3. The van der Waals surface area contributed by atoms with Crippen LogP contribution in [0.2, 0.25) is 0 Å². The molecule has 0 aliphatic carbocycles. The second-order valence-corrected chi connectivity index (χ2v) is 4.73. The van der Waals surface area contributed by atoms with Gasteiger partial charge in [-0.05, 0) is 24.1 Å².